The number of halogens is 2. The average molecular weight is 568 g/mol. The van der Waals surface area contributed by atoms with Crippen LogP contribution in [0.4, 0.5) is 0 Å². The van der Waals surface area contributed by atoms with Gasteiger partial charge in [-0.1, -0.05) is 41.4 Å². The van der Waals surface area contributed by atoms with Crippen LogP contribution in [-0.4, -0.2) is 39.8 Å². The second-order valence-electron chi connectivity index (χ2n) is 7.27. The number of hydrogen-bond acceptors (Lipinski definition) is 2. The fraction of sp³-hybridized carbons (Fsp3) is 0.650. The summed E-state index contributed by atoms with van der Waals surface area (Å²) in [5.41, 5.74) is 1.39. The van der Waals surface area contributed by atoms with Crippen molar-refractivity contribution in [2.24, 2.45) is 4.99 Å². The van der Waals surface area contributed by atoms with E-state index in [0.717, 1.165) is 54.8 Å². The Balaban J connectivity index is 0.00000261. The van der Waals surface area contributed by atoms with Gasteiger partial charge in [-0.2, -0.15) is 0 Å². The number of aliphatic imine (C=N–C) groups is 1. The van der Waals surface area contributed by atoms with Crippen LogP contribution in [0.5, 0.6) is 0 Å². The van der Waals surface area contributed by atoms with E-state index in [4.69, 9.17) is 0 Å². The first kappa shape index (κ1) is 23.1. The van der Waals surface area contributed by atoms with Gasteiger partial charge < -0.3 is 10.6 Å². The first-order valence-electron chi connectivity index (χ1n) is 9.80. The van der Waals surface area contributed by atoms with Crippen LogP contribution in [0.2, 0.25) is 0 Å². The molecule has 4 nitrogen and oxygen atoms in total. The molecule has 1 aromatic carbocycles. The highest BCUT2D eigenvalue weighted by Crippen LogP contribution is 2.41. The Morgan fingerprint density at radius 1 is 1.19 bits per heavy atom. The van der Waals surface area contributed by atoms with Gasteiger partial charge in [0.2, 0.25) is 0 Å². The van der Waals surface area contributed by atoms with E-state index in [1.165, 1.54) is 5.56 Å². The highest BCUT2D eigenvalue weighted by molar-refractivity contribution is 14.0. The molecule has 2 aliphatic rings. The van der Waals surface area contributed by atoms with Crippen LogP contribution < -0.4 is 10.6 Å². The Kier molecular flexibility index (Phi) is 9.55. The molecule has 0 saturated heterocycles. The van der Waals surface area contributed by atoms with Crippen LogP contribution >= 0.6 is 39.9 Å². The van der Waals surface area contributed by atoms with Crippen molar-refractivity contribution in [2.75, 3.05) is 12.3 Å². The molecule has 27 heavy (non-hydrogen) atoms. The van der Waals surface area contributed by atoms with Gasteiger partial charge in [0, 0.05) is 50.8 Å². The van der Waals surface area contributed by atoms with E-state index in [2.05, 4.69) is 62.7 Å². The third-order valence-electron chi connectivity index (χ3n) is 5.35. The maximum Gasteiger partial charge on any atom is 0.191 e. The van der Waals surface area contributed by atoms with Crippen molar-refractivity contribution in [2.45, 2.75) is 69.2 Å². The van der Waals surface area contributed by atoms with Crippen molar-refractivity contribution < 1.29 is 4.21 Å². The SMILES string of the molecule is CCN=C(NC1CCCC(S(=O)CC)C1)NC1CC1c1ccc(Br)cc1.I. The summed E-state index contributed by atoms with van der Waals surface area (Å²) in [6, 6.07) is 9.46. The largest absolute Gasteiger partial charge is 0.354 e. The van der Waals surface area contributed by atoms with Crippen LogP contribution in [0.25, 0.3) is 0 Å². The van der Waals surface area contributed by atoms with Crippen molar-refractivity contribution in [1.29, 1.82) is 0 Å². The molecule has 2 aliphatic carbocycles. The smallest absolute Gasteiger partial charge is 0.191 e. The highest BCUT2D eigenvalue weighted by Gasteiger charge is 2.39. The average Bonchev–Trinajstić information content (AvgIpc) is 3.41. The molecule has 2 N–H and O–H groups in total. The zero-order chi connectivity index (χ0) is 18.5. The van der Waals surface area contributed by atoms with Crippen LogP contribution in [-0.2, 0) is 10.8 Å². The summed E-state index contributed by atoms with van der Waals surface area (Å²) in [5.74, 6) is 2.26. The molecule has 2 saturated carbocycles. The normalized spacial score (nSPS) is 28.8. The molecule has 0 aliphatic heterocycles. The lowest BCUT2D eigenvalue weighted by atomic mass is 9.95. The topological polar surface area (TPSA) is 53.5 Å². The molecule has 5 atom stereocenters. The van der Waals surface area contributed by atoms with Gasteiger partial charge in [-0.3, -0.25) is 9.20 Å². The van der Waals surface area contributed by atoms with Crippen molar-refractivity contribution in [1.82, 2.24) is 10.6 Å². The number of benzene rings is 1. The summed E-state index contributed by atoms with van der Waals surface area (Å²) in [6.45, 7) is 4.86. The second kappa shape index (κ2) is 11.1. The third kappa shape index (κ3) is 6.70. The maximum atomic E-state index is 12.2. The van der Waals surface area contributed by atoms with Crippen LogP contribution in [0.15, 0.2) is 33.7 Å². The Hall–Kier alpha value is -0.150. The molecule has 3 rings (SSSR count). The van der Waals surface area contributed by atoms with E-state index in [-0.39, 0.29) is 24.0 Å². The molecule has 0 spiro atoms. The molecule has 0 aromatic heterocycles. The van der Waals surface area contributed by atoms with E-state index in [1.54, 1.807) is 0 Å². The second-order valence-corrected chi connectivity index (χ2v) is 10.2. The van der Waals surface area contributed by atoms with E-state index in [0.29, 0.717) is 23.3 Å². The third-order valence-corrected chi connectivity index (χ3v) is 7.62. The van der Waals surface area contributed by atoms with E-state index in [1.807, 2.05) is 6.92 Å². The van der Waals surface area contributed by atoms with Crippen molar-refractivity contribution in [3.05, 3.63) is 34.3 Å². The van der Waals surface area contributed by atoms with Gasteiger partial charge in [-0.25, -0.2) is 0 Å². The number of nitrogens with zero attached hydrogens (tertiary/aromatic N) is 1. The summed E-state index contributed by atoms with van der Waals surface area (Å²) in [4.78, 5) is 4.64. The quantitative estimate of drug-likeness (QED) is 0.301. The summed E-state index contributed by atoms with van der Waals surface area (Å²) in [7, 11) is -0.688. The number of nitrogens with one attached hydrogen (secondary N) is 2. The van der Waals surface area contributed by atoms with Crippen molar-refractivity contribution >= 4 is 56.7 Å². The summed E-state index contributed by atoms with van der Waals surface area (Å²) in [5, 5.41) is 7.57. The molecule has 5 unspecified atom stereocenters. The fourth-order valence-electron chi connectivity index (χ4n) is 3.84. The minimum absolute atomic E-state index is 0. The van der Waals surface area contributed by atoms with Gasteiger partial charge in [-0.05, 0) is 50.3 Å². The zero-order valence-corrected chi connectivity index (χ0v) is 20.9. The molecule has 2 fully saturated rings. The van der Waals surface area contributed by atoms with Crippen LogP contribution in [0.3, 0.4) is 0 Å². The Bertz CT molecular complexity index is 655. The number of guanidine groups is 1. The Labute approximate surface area is 191 Å². The minimum Gasteiger partial charge on any atom is -0.354 e. The number of hydrogen-bond donors (Lipinski definition) is 2. The maximum absolute atomic E-state index is 12.2. The molecular formula is C20H31BrIN3OS. The monoisotopic (exact) mass is 567 g/mol. The standard InChI is InChI=1S/C20H30BrN3OS.HI/c1-3-22-20(23-16-6-5-7-17(12-16)26(25)4-2)24-19-13-18(19)14-8-10-15(21)11-9-14;/h8-11,16-19H,3-7,12-13H2,1-2H3,(H2,22,23,24);1H. The predicted molar refractivity (Wildman–Crippen MR) is 130 cm³/mol. The van der Waals surface area contributed by atoms with Gasteiger partial charge >= 0.3 is 0 Å². The van der Waals surface area contributed by atoms with Crippen molar-refractivity contribution in [3.63, 3.8) is 0 Å². The summed E-state index contributed by atoms with van der Waals surface area (Å²) in [6.07, 6.45) is 5.53. The van der Waals surface area contributed by atoms with Gasteiger partial charge in [0.25, 0.3) is 0 Å². The summed E-state index contributed by atoms with van der Waals surface area (Å²) >= 11 is 3.50. The number of rotatable bonds is 6. The lowest BCUT2D eigenvalue weighted by molar-refractivity contribution is 0.413. The fourth-order valence-corrected chi connectivity index (χ4v) is 5.46. The van der Waals surface area contributed by atoms with Crippen molar-refractivity contribution in [3.8, 4) is 0 Å². The van der Waals surface area contributed by atoms with Crippen LogP contribution in [0.1, 0.15) is 57.4 Å². The molecule has 0 radical (unpaired) electrons. The van der Waals surface area contributed by atoms with Crippen LogP contribution in [0, 0.1) is 0 Å². The van der Waals surface area contributed by atoms with E-state index >= 15 is 0 Å². The Morgan fingerprint density at radius 3 is 2.59 bits per heavy atom. The molecular weight excluding hydrogens is 537 g/mol. The summed E-state index contributed by atoms with van der Waals surface area (Å²) < 4.78 is 13.3. The first-order chi connectivity index (χ1) is 12.6. The first-order valence-corrected chi connectivity index (χ1v) is 12.0. The molecule has 152 valence electrons. The van der Waals surface area contributed by atoms with Gasteiger partial charge in [0.15, 0.2) is 5.96 Å². The minimum atomic E-state index is -0.688. The van der Waals surface area contributed by atoms with E-state index < -0.39 is 10.8 Å². The van der Waals surface area contributed by atoms with Gasteiger partial charge in [-0.15, -0.1) is 24.0 Å². The molecule has 1 aromatic rings. The molecule has 0 amide bonds. The Morgan fingerprint density at radius 2 is 1.93 bits per heavy atom. The predicted octanol–water partition coefficient (Wildman–Crippen LogP) is 4.56. The molecule has 0 bridgehead atoms. The molecule has 0 heterocycles. The molecule has 7 heteroatoms. The highest BCUT2D eigenvalue weighted by atomic mass is 127. The van der Waals surface area contributed by atoms with Gasteiger partial charge in [0.05, 0.1) is 0 Å². The lowest BCUT2D eigenvalue weighted by Crippen LogP contribution is -2.47. The zero-order valence-electron chi connectivity index (χ0n) is 16.1. The lowest BCUT2D eigenvalue weighted by Gasteiger charge is -2.30. The van der Waals surface area contributed by atoms with E-state index in [9.17, 15) is 4.21 Å². The van der Waals surface area contributed by atoms with Gasteiger partial charge in [0.1, 0.15) is 0 Å².